The molecule has 0 fully saturated rings. The van der Waals surface area contributed by atoms with Gasteiger partial charge in [-0.2, -0.15) is 0 Å². The van der Waals surface area contributed by atoms with Crippen LogP contribution in [0.15, 0.2) is 34.3 Å². The van der Waals surface area contributed by atoms with Crippen LogP contribution in [0.4, 0.5) is 0 Å². The van der Waals surface area contributed by atoms with Crippen molar-refractivity contribution in [2.24, 2.45) is 0 Å². The van der Waals surface area contributed by atoms with Crippen LogP contribution in [0.25, 0.3) is 0 Å². The zero-order valence-electron chi connectivity index (χ0n) is 10.4. The van der Waals surface area contributed by atoms with Crippen LogP contribution in [0.5, 0.6) is 0 Å². The van der Waals surface area contributed by atoms with Gasteiger partial charge < -0.3 is 19.6 Å². The molecule has 0 saturated heterocycles. The van der Waals surface area contributed by atoms with Gasteiger partial charge in [0.15, 0.2) is 9.84 Å². The number of aliphatic hydroxyl groups is 1. The normalized spacial score (nSPS) is 22.7. The summed E-state index contributed by atoms with van der Waals surface area (Å²) in [5.74, 6) is 0.748. The molecule has 1 aromatic heterocycles. The third kappa shape index (κ3) is 4.79. The maximum Gasteiger partial charge on any atom is 0.173 e. The van der Waals surface area contributed by atoms with Crippen molar-refractivity contribution in [3.05, 3.63) is 35.6 Å². The van der Waals surface area contributed by atoms with Gasteiger partial charge in [-0.05, 0) is 12.1 Å². The molecule has 2 N–H and O–H groups in total. The molecule has 2 rings (SSSR count). The Kier molecular flexibility index (Phi) is 4.76. The first-order valence-electron chi connectivity index (χ1n) is 5.98. The van der Waals surface area contributed by atoms with E-state index in [1.165, 1.54) is 5.41 Å². The predicted molar refractivity (Wildman–Crippen MR) is 69.1 cm³/mol. The first kappa shape index (κ1) is 14.3. The SMILES string of the molecule is O=S1(=O)C=CC(NCC(O)COCc2ccco2)C1. The number of nitrogens with one attached hydrogen (secondary N) is 1. The van der Waals surface area contributed by atoms with E-state index in [-0.39, 0.29) is 24.9 Å². The van der Waals surface area contributed by atoms with Gasteiger partial charge in [-0.1, -0.05) is 6.08 Å². The van der Waals surface area contributed by atoms with Crippen LogP contribution in [0, 0.1) is 0 Å². The molecule has 0 amide bonds. The van der Waals surface area contributed by atoms with Crippen LogP contribution in [0.3, 0.4) is 0 Å². The molecule has 1 aromatic rings. The highest BCUT2D eigenvalue weighted by molar-refractivity contribution is 7.94. The summed E-state index contributed by atoms with van der Waals surface area (Å²) < 4.78 is 32.7. The van der Waals surface area contributed by atoms with Crippen molar-refractivity contribution in [1.29, 1.82) is 0 Å². The third-order valence-electron chi connectivity index (χ3n) is 2.68. The van der Waals surface area contributed by atoms with Gasteiger partial charge in [0.25, 0.3) is 0 Å². The number of hydrogen-bond acceptors (Lipinski definition) is 6. The summed E-state index contributed by atoms with van der Waals surface area (Å²) in [5.41, 5.74) is 0. The minimum atomic E-state index is -3.06. The molecule has 0 radical (unpaired) electrons. The molecule has 0 bridgehead atoms. The molecular weight excluding hydrogens is 270 g/mol. The average Bonchev–Trinajstić information content (AvgIpc) is 2.96. The zero-order chi connectivity index (χ0) is 13.7. The highest BCUT2D eigenvalue weighted by Crippen LogP contribution is 2.07. The van der Waals surface area contributed by atoms with Gasteiger partial charge in [0.1, 0.15) is 12.4 Å². The maximum atomic E-state index is 11.2. The summed E-state index contributed by atoms with van der Waals surface area (Å²) in [5, 5.41) is 13.8. The zero-order valence-corrected chi connectivity index (χ0v) is 11.2. The second kappa shape index (κ2) is 6.33. The molecule has 2 atom stereocenters. The molecule has 0 spiro atoms. The molecule has 1 aliphatic heterocycles. The summed E-state index contributed by atoms with van der Waals surface area (Å²) in [6.45, 7) is 0.751. The van der Waals surface area contributed by atoms with Crippen molar-refractivity contribution >= 4 is 9.84 Å². The lowest BCUT2D eigenvalue weighted by Crippen LogP contribution is -2.38. The Labute approximate surface area is 112 Å². The van der Waals surface area contributed by atoms with Crippen LogP contribution < -0.4 is 5.32 Å². The number of furan rings is 1. The highest BCUT2D eigenvalue weighted by Gasteiger charge is 2.21. The van der Waals surface area contributed by atoms with Crippen LogP contribution >= 0.6 is 0 Å². The van der Waals surface area contributed by atoms with E-state index in [1.54, 1.807) is 24.5 Å². The molecule has 0 aromatic carbocycles. The van der Waals surface area contributed by atoms with Gasteiger partial charge in [-0.3, -0.25) is 0 Å². The molecule has 0 saturated carbocycles. The molecular formula is C12H17NO5S. The Morgan fingerprint density at radius 3 is 3.05 bits per heavy atom. The summed E-state index contributed by atoms with van der Waals surface area (Å²) >= 11 is 0. The van der Waals surface area contributed by atoms with Gasteiger partial charge >= 0.3 is 0 Å². The van der Waals surface area contributed by atoms with Crippen molar-refractivity contribution in [2.45, 2.75) is 18.8 Å². The van der Waals surface area contributed by atoms with E-state index in [0.29, 0.717) is 12.4 Å². The average molecular weight is 287 g/mol. The molecule has 2 unspecified atom stereocenters. The van der Waals surface area contributed by atoms with Gasteiger partial charge in [-0.15, -0.1) is 0 Å². The van der Waals surface area contributed by atoms with E-state index in [9.17, 15) is 13.5 Å². The Bertz CT molecular complexity index is 508. The van der Waals surface area contributed by atoms with Crippen LogP contribution in [-0.2, 0) is 21.2 Å². The Hall–Kier alpha value is -1.15. The topological polar surface area (TPSA) is 88.8 Å². The summed E-state index contributed by atoms with van der Waals surface area (Å²) in [6, 6.07) is 3.33. The fourth-order valence-corrected chi connectivity index (χ4v) is 3.01. The summed E-state index contributed by atoms with van der Waals surface area (Å²) in [4.78, 5) is 0. The van der Waals surface area contributed by atoms with E-state index in [1.807, 2.05) is 0 Å². The lowest BCUT2D eigenvalue weighted by Gasteiger charge is -2.14. The molecule has 6 nitrogen and oxygen atoms in total. The maximum absolute atomic E-state index is 11.2. The largest absolute Gasteiger partial charge is 0.467 e. The molecule has 0 aliphatic carbocycles. The second-order valence-corrected chi connectivity index (χ2v) is 6.35. The van der Waals surface area contributed by atoms with Crippen LogP contribution in [-0.4, -0.2) is 44.6 Å². The van der Waals surface area contributed by atoms with Gasteiger partial charge in [-0.25, -0.2) is 8.42 Å². The number of rotatable bonds is 7. The molecule has 106 valence electrons. The Morgan fingerprint density at radius 2 is 2.42 bits per heavy atom. The van der Waals surface area contributed by atoms with E-state index in [2.05, 4.69) is 5.32 Å². The first-order chi connectivity index (χ1) is 9.05. The van der Waals surface area contributed by atoms with E-state index < -0.39 is 15.9 Å². The lowest BCUT2D eigenvalue weighted by molar-refractivity contribution is 0.0223. The van der Waals surface area contributed by atoms with E-state index in [4.69, 9.17) is 9.15 Å². The Morgan fingerprint density at radius 1 is 1.58 bits per heavy atom. The standard InChI is InChI=1S/C12H17NO5S/c14-11(7-17-8-12-2-1-4-18-12)6-13-10-3-5-19(15,16)9-10/h1-5,10-11,13-14H,6-9H2. The van der Waals surface area contributed by atoms with Gasteiger partial charge in [0.05, 0.1) is 24.7 Å². The highest BCUT2D eigenvalue weighted by atomic mass is 32.2. The van der Waals surface area contributed by atoms with E-state index >= 15 is 0 Å². The third-order valence-corrected chi connectivity index (χ3v) is 4.08. The number of sulfone groups is 1. The summed E-state index contributed by atoms with van der Waals surface area (Å²) in [7, 11) is -3.06. The quantitative estimate of drug-likeness (QED) is 0.737. The predicted octanol–water partition coefficient (Wildman–Crippen LogP) is 0.0574. The molecule has 1 aliphatic rings. The number of hydrogen-bond donors (Lipinski definition) is 2. The minimum absolute atomic E-state index is 0.0486. The Balaban J connectivity index is 1.60. The number of ether oxygens (including phenoxy) is 1. The van der Waals surface area contributed by atoms with Crippen molar-refractivity contribution < 1.29 is 22.7 Å². The summed E-state index contributed by atoms with van der Waals surface area (Å²) in [6.07, 6.45) is 2.46. The van der Waals surface area contributed by atoms with Crippen molar-refractivity contribution in [1.82, 2.24) is 5.32 Å². The fraction of sp³-hybridized carbons (Fsp3) is 0.500. The first-order valence-corrected chi connectivity index (χ1v) is 7.69. The van der Waals surface area contributed by atoms with Crippen LogP contribution in [0.1, 0.15) is 5.76 Å². The molecule has 2 heterocycles. The van der Waals surface area contributed by atoms with Crippen molar-refractivity contribution in [3.8, 4) is 0 Å². The van der Waals surface area contributed by atoms with Gasteiger partial charge in [0.2, 0.25) is 0 Å². The monoisotopic (exact) mass is 287 g/mol. The fourth-order valence-electron chi connectivity index (χ4n) is 1.74. The smallest absolute Gasteiger partial charge is 0.173 e. The molecule has 7 heteroatoms. The van der Waals surface area contributed by atoms with E-state index in [0.717, 1.165) is 0 Å². The van der Waals surface area contributed by atoms with Gasteiger partial charge in [0, 0.05) is 18.0 Å². The second-order valence-electron chi connectivity index (χ2n) is 4.42. The van der Waals surface area contributed by atoms with Crippen molar-refractivity contribution in [2.75, 3.05) is 18.9 Å². The molecule has 19 heavy (non-hydrogen) atoms. The van der Waals surface area contributed by atoms with Crippen molar-refractivity contribution in [3.63, 3.8) is 0 Å². The van der Waals surface area contributed by atoms with Crippen LogP contribution in [0.2, 0.25) is 0 Å². The number of aliphatic hydroxyl groups excluding tert-OH is 1. The minimum Gasteiger partial charge on any atom is -0.467 e. The lowest BCUT2D eigenvalue weighted by atomic mass is 10.3.